The number of amides is 1. The Morgan fingerprint density at radius 1 is 1.00 bits per heavy atom. The Labute approximate surface area is 179 Å². The molecule has 1 aromatic heterocycles. The molecular formula is C25H20FN3O2. The lowest BCUT2D eigenvalue weighted by Gasteiger charge is -2.26. The fourth-order valence-electron chi connectivity index (χ4n) is 4.01. The molecule has 3 aromatic carbocycles. The Morgan fingerprint density at radius 3 is 2.42 bits per heavy atom. The lowest BCUT2D eigenvalue weighted by molar-refractivity contribution is 0.0989. The molecule has 0 saturated heterocycles. The molecule has 0 radical (unpaired) electrons. The molecule has 1 unspecified atom stereocenters. The van der Waals surface area contributed by atoms with Crippen molar-refractivity contribution in [3.63, 3.8) is 0 Å². The number of H-pyrrole nitrogens is 1. The fourth-order valence-corrected chi connectivity index (χ4v) is 4.01. The molecule has 0 spiro atoms. The van der Waals surface area contributed by atoms with Crippen molar-refractivity contribution in [2.24, 2.45) is 0 Å². The van der Waals surface area contributed by atoms with Gasteiger partial charge in [0.25, 0.3) is 5.91 Å². The first-order valence-corrected chi connectivity index (χ1v) is 9.96. The number of aryl methyl sites for hydroxylation is 1. The highest BCUT2D eigenvalue weighted by molar-refractivity contribution is 6.10. The van der Waals surface area contributed by atoms with E-state index in [4.69, 9.17) is 4.74 Å². The quantitative estimate of drug-likeness (QED) is 0.495. The number of aromatic nitrogens is 2. The largest absolute Gasteiger partial charge is 0.496 e. The van der Waals surface area contributed by atoms with Crippen molar-refractivity contribution in [3.05, 3.63) is 101 Å². The van der Waals surface area contributed by atoms with Crippen LogP contribution >= 0.6 is 0 Å². The van der Waals surface area contributed by atoms with E-state index in [1.807, 2.05) is 55.5 Å². The maximum Gasteiger partial charge on any atom is 0.279 e. The van der Waals surface area contributed by atoms with Gasteiger partial charge in [0.05, 0.1) is 12.8 Å². The topological polar surface area (TPSA) is 58.2 Å². The highest BCUT2D eigenvalue weighted by atomic mass is 19.1. The van der Waals surface area contributed by atoms with Crippen molar-refractivity contribution in [1.29, 1.82) is 0 Å². The summed E-state index contributed by atoms with van der Waals surface area (Å²) in [5.41, 5.74) is 4.50. The van der Waals surface area contributed by atoms with Gasteiger partial charge in [-0.2, -0.15) is 0 Å². The minimum atomic E-state index is -0.476. The van der Waals surface area contributed by atoms with Gasteiger partial charge < -0.3 is 9.72 Å². The molecule has 31 heavy (non-hydrogen) atoms. The summed E-state index contributed by atoms with van der Waals surface area (Å²) in [4.78, 5) is 23.1. The van der Waals surface area contributed by atoms with Crippen molar-refractivity contribution in [2.75, 3.05) is 12.0 Å². The molecule has 0 fully saturated rings. The number of rotatable bonds is 4. The van der Waals surface area contributed by atoms with Crippen LogP contribution in [0, 0.1) is 12.7 Å². The number of fused-ring (bicyclic) bond motifs is 1. The second kappa shape index (κ2) is 7.40. The summed E-state index contributed by atoms with van der Waals surface area (Å²) in [6.07, 6.45) is 0. The molecule has 1 atom stereocenters. The highest BCUT2D eigenvalue weighted by Crippen LogP contribution is 2.44. The Morgan fingerprint density at radius 2 is 1.71 bits per heavy atom. The van der Waals surface area contributed by atoms with Crippen LogP contribution in [0.25, 0.3) is 11.4 Å². The zero-order valence-corrected chi connectivity index (χ0v) is 17.1. The molecule has 6 heteroatoms. The van der Waals surface area contributed by atoms with Crippen LogP contribution in [0.15, 0.2) is 72.8 Å². The summed E-state index contributed by atoms with van der Waals surface area (Å²) < 4.78 is 19.1. The van der Waals surface area contributed by atoms with Gasteiger partial charge >= 0.3 is 0 Å². The molecule has 1 aliphatic heterocycles. The summed E-state index contributed by atoms with van der Waals surface area (Å²) in [5, 5.41) is 0. The molecule has 0 saturated carbocycles. The van der Waals surface area contributed by atoms with E-state index in [1.54, 1.807) is 24.1 Å². The van der Waals surface area contributed by atoms with Crippen LogP contribution in [0.3, 0.4) is 0 Å². The van der Waals surface area contributed by atoms with Gasteiger partial charge in [0, 0.05) is 16.8 Å². The van der Waals surface area contributed by atoms with Crippen LogP contribution in [0.5, 0.6) is 5.75 Å². The van der Waals surface area contributed by atoms with E-state index in [0.29, 0.717) is 28.6 Å². The third-order valence-electron chi connectivity index (χ3n) is 5.55. The van der Waals surface area contributed by atoms with Crippen LogP contribution in [0.2, 0.25) is 0 Å². The van der Waals surface area contributed by atoms with Crippen LogP contribution < -0.4 is 9.64 Å². The number of nitrogens with one attached hydrogen (secondary N) is 1. The molecule has 154 valence electrons. The first-order valence-electron chi connectivity index (χ1n) is 9.96. The van der Waals surface area contributed by atoms with Crippen LogP contribution in [0.4, 0.5) is 10.1 Å². The van der Waals surface area contributed by atoms with E-state index in [0.717, 1.165) is 16.7 Å². The second-order valence-corrected chi connectivity index (χ2v) is 7.51. The number of benzene rings is 3. The molecule has 0 bridgehead atoms. The van der Waals surface area contributed by atoms with E-state index >= 15 is 0 Å². The molecule has 4 aromatic rings. The van der Waals surface area contributed by atoms with Crippen LogP contribution in [-0.4, -0.2) is 23.0 Å². The zero-order valence-electron chi connectivity index (χ0n) is 17.1. The maximum atomic E-state index is 13.5. The third kappa shape index (κ3) is 3.17. The van der Waals surface area contributed by atoms with Crippen molar-refractivity contribution in [1.82, 2.24) is 9.97 Å². The normalized spacial score (nSPS) is 15.3. The minimum absolute atomic E-state index is 0.243. The Balaban J connectivity index is 1.68. The Hall–Kier alpha value is -3.93. The SMILES string of the molecule is COc1ccccc1C1c2[nH]c(-c3ccc(C)cc3)nc2C(=O)N1c1ccc(F)cc1. The van der Waals surface area contributed by atoms with Crippen molar-refractivity contribution < 1.29 is 13.9 Å². The number of ether oxygens (including phenoxy) is 1. The zero-order chi connectivity index (χ0) is 21.5. The first-order chi connectivity index (χ1) is 15.1. The third-order valence-corrected chi connectivity index (χ3v) is 5.55. The summed E-state index contributed by atoms with van der Waals surface area (Å²) in [7, 11) is 1.60. The van der Waals surface area contributed by atoms with Gasteiger partial charge in [-0.15, -0.1) is 0 Å². The van der Waals surface area contributed by atoms with E-state index in [9.17, 15) is 9.18 Å². The Kier molecular flexibility index (Phi) is 4.55. The summed E-state index contributed by atoms with van der Waals surface area (Å²) in [6, 6.07) is 21.0. The standard InChI is InChI=1S/C25H20FN3O2/c1-15-7-9-16(10-8-15)24-27-21-22(28-24)25(30)29(18-13-11-17(26)12-14-18)23(21)19-5-3-4-6-20(19)31-2/h3-14,23H,1-2H3,(H,27,28). The Bertz CT molecular complexity index is 1260. The number of aromatic amines is 1. The van der Waals surface area contributed by atoms with Gasteiger partial charge in [0.2, 0.25) is 0 Å². The lowest BCUT2D eigenvalue weighted by Crippen LogP contribution is -2.29. The van der Waals surface area contributed by atoms with E-state index in [-0.39, 0.29) is 11.7 Å². The molecule has 1 amide bonds. The number of para-hydroxylation sites is 1. The molecular weight excluding hydrogens is 393 g/mol. The molecule has 5 nitrogen and oxygen atoms in total. The summed E-state index contributed by atoms with van der Waals surface area (Å²) >= 11 is 0. The van der Waals surface area contributed by atoms with Gasteiger partial charge in [-0.05, 0) is 37.3 Å². The van der Waals surface area contributed by atoms with Crippen molar-refractivity contribution >= 4 is 11.6 Å². The van der Waals surface area contributed by atoms with E-state index in [2.05, 4.69) is 9.97 Å². The maximum absolute atomic E-state index is 13.5. The predicted octanol–water partition coefficient (Wildman–Crippen LogP) is 5.28. The average molecular weight is 413 g/mol. The van der Waals surface area contributed by atoms with E-state index < -0.39 is 6.04 Å². The number of hydrogen-bond donors (Lipinski definition) is 1. The highest BCUT2D eigenvalue weighted by Gasteiger charge is 2.43. The summed E-state index contributed by atoms with van der Waals surface area (Å²) in [6.45, 7) is 2.02. The number of imidazole rings is 1. The fraction of sp³-hybridized carbons (Fsp3) is 0.120. The lowest BCUT2D eigenvalue weighted by atomic mass is 10.0. The molecule has 1 N–H and O–H groups in total. The number of carbonyl (C=O) groups excluding carboxylic acids is 1. The molecule has 1 aliphatic rings. The van der Waals surface area contributed by atoms with Gasteiger partial charge in [0.1, 0.15) is 23.4 Å². The molecule has 5 rings (SSSR count). The second-order valence-electron chi connectivity index (χ2n) is 7.51. The number of nitrogens with zero attached hydrogens (tertiary/aromatic N) is 2. The first kappa shape index (κ1) is 19.1. The van der Waals surface area contributed by atoms with Crippen LogP contribution in [-0.2, 0) is 0 Å². The monoisotopic (exact) mass is 413 g/mol. The summed E-state index contributed by atoms with van der Waals surface area (Å²) in [5.74, 6) is 0.693. The van der Waals surface area contributed by atoms with Gasteiger partial charge in [-0.3, -0.25) is 9.69 Å². The number of halogens is 1. The number of hydrogen-bond acceptors (Lipinski definition) is 3. The van der Waals surface area contributed by atoms with Crippen molar-refractivity contribution in [3.8, 4) is 17.1 Å². The number of anilines is 1. The van der Waals surface area contributed by atoms with Crippen molar-refractivity contribution in [2.45, 2.75) is 13.0 Å². The smallest absolute Gasteiger partial charge is 0.279 e. The average Bonchev–Trinajstić information content (AvgIpc) is 3.33. The van der Waals surface area contributed by atoms with Gasteiger partial charge in [-0.1, -0.05) is 48.0 Å². The van der Waals surface area contributed by atoms with Gasteiger partial charge in [-0.25, -0.2) is 9.37 Å². The molecule has 2 heterocycles. The number of methoxy groups -OCH3 is 1. The van der Waals surface area contributed by atoms with Crippen LogP contribution in [0.1, 0.15) is 33.4 Å². The molecule has 0 aliphatic carbocycles. The minimum Gasteiger partial charge on any atom is -0.496 e. The number of carbonyl (C=O) groups is 1. The van der Waals surface area contributed by atoms with E-state index in [1.165, 1.54) is 12.1 Å². The predicted molar refractivity (Wildman–Crippen MR) is 117 cm³/mol. The van der Waals surface area contributed by atoms with Gasteiger partial charge in [0.15, 0.2) is 5.69 Å².